The van der Waals surface area contributed by atoms with Gasteiger partial charge in [0.2, 0.25) is 0 Å². The summed E-state index contributed by atoms with van der Waals surface area (Å²) in [6, 6.07) is 9.12. The quantitative estimate of drug-likeness (QED) is 0.815. The van der Waals surface area contributed by atoms with Gasteiger partial charge in [-0.15, -0.1) is 0 Å². The predicted molar refractivity (Wildman–Crippen MR) is 95.6 cm³/mol. The van der Waals surface area contributed by atoms with Gasteiger partial charge in [-0.3, -0.25) is 0 Å². The summed E-state index contributed by atoms with van der Waals surface area (Å²) >= 11 is 5.40. The molecular formula is C17H17F3N4S. The third-order valence-corrected chi connectivity index (χ3v) is 4.32. The van der Waals surface area contributed by atoms with Crippen LogP contribution in [0.15, 0.2) is 42.6 Å². The van der Waals surface area contributed by atoms with Crippen LogP contribution < -0.4 is 10.2 Å². The van der Waals surface area contributed by atoms with Gasteiger partial charge in [-0.05, 0) is 55.0 Å². The number of nitrogens with one attached hydrogen (secondary N) is 1. The molecule has 1 N–H and O–H groups in total. The van der Waals surface area contributed by atoms with E-state index in [2.05, 4.69) is 10.3 Å². The van der Waals surface area contributed by atoms with Gasteiger partial charge in [0.25, 0.3) is 0 Å². The monoisotopic (exact) mass is 366 g/mol. The summed E-state index contributed by atoms with van der Waals surface area (Å²) in [6.07, 6.45) is -2.65. The van der Waals surface area contributed by atoms with Gasteiger partial charge in [-0.2, -0.15) is 13.2 Å². The van der Waals surface area contributed by atoms with Crippen molar-refractivity contribution >= 4 is 28.8 Å². The Hall–Kier alpha value is -2.35. The first-order chi connectivity index (χ1) is 11.8. The van der Waals surface area contributed by atoms with Crippen LogP contribution in [0.25, 0.3) is 0 Å². The fraction of sp³-hybridized carbons (Fsp3) is 0.294. The topological polar surface area (TPSA) is 31.4 Å². The van der Waals surface area contributed by atoms with Crippen LogP contribution in [0.1, 0.15) is 11.1 Å². The Morgan fingerprint density at radius 3 is 2.72 bits per heavy atom. The average molecular weight is 366 g/mol. The van der Waals surface area contributed by atoms with Crippen molar-refractivity contribution in [2.24, 2.45) is 0 Å². The number of nitrogens with zero attached hydrogens (tertiary/aromatic N) is 3. The molecule has 25 heavy (non-hydrogen) atoms. The standard InChI is InChI=1S/C17H17F3N4S/c1-12-5-6-21-15(9-12)22-16(25)24-8-7-23(11-24)14-4-2-3-13(10-14)17(18,19)20/h2-6,9-10H,7-8,11H2,1H3,(H,21,22,25). The molecule has 1 fully saturated rings. The number of pyridine rings is 1. The molecule has 1 saturated heterocycles. The predicted octanol–water partition coefficient (Wildman–Crippen LogP) is 3.89. The Balaban J connectivity index is 1.66. The average Bonchev–Trinajstić information content (AvgIpc) is 3.04. The molecule has 1 aromatic carbocycles. The van der Waals surface area contributed by atoms with E-state index in [1.54, 1.807) is 12.3 Å². The molecule has 0 spiro atoms. The SMILES string of the molecule is Cc1ccnc(NC(=S)N2CCN(c3cccc(C(F)(F)F)c3)C2)c1. The first kappa shape index (κ1) is 17.5. The van der Waals surface area contributed by atoms with E-state index in [1.807, 2.05) is 28.9 Å². The van der Waals surface area contributed by atoms with Crippen molar-refractivity contribution in [1.82, 2.24) is 9.88 Å². The number of alkyl halides is 3. The van der Waals surface area contributed by atoms with Gasteiger partial charge in [0.1, 0.15) is 5.82 Å². The molecule has 1 aliphatic heterocycles. The van der Waals surface area contributed by atoms with Gasteiger partial charge >= 0.3 is 6.18 Å². The summed E-state index contributed by atoms with van der Waals surface area (Å²) in [7, 11) is 0. The molecular weight excluding hydrogens is 349 g/mol. The lowest BCUT2D eigenvalue weighted by Gasteiger charge is -2.22. The molecule has 0 unspecified atom stereocenters. The normalized spacial score (nSPS) is 14.7. The first-order valence-corrected chi connectivity index (χ1v) is 8.14. The number of aromatic nitrogens is 1. The molecule has 2 heterocycles. The van der Waals surface area contributed by atoms with Gasteiger partial charge in [0, 0.05) is 25.0 Å². The lowest BCUT2D eigenvalue weighted by Crippen LogP contribution is -2.34. The maximum Gasteiger partial charge on any atom is 0.416 e. The van der Waals surface area contributed by atoms with Crippen molar-refractivity contribution < 1.29 is 13.2 Å². The largest absolute Gasteiger partial charge is 0.416 e. The van der Waals surface area contributed by atoms with Crippen LogP contribution in [0.3, 0.4) is 0 Å². The highest BCUT2D eigenvalue weighted by atomic mass is 32.1. The first-order valence-electron chi connectivity index (χ1n) is 7.74. The van der Waals surface area contributed by atoms with Crippen LogP contribution in [0, 0.1) is 6.92 Å². The summed E-state index contributed by atoms with van der Waals surface area (Å²) in [6.45, 7) is 3.62. The minimum Gasteiger partial charge on any atom is -0.352 e. The smallest absolute Gasteiger partial charge is 0.352 e. The third kappa shape index (κ3) is 4.19. The molecule has 0 bridgehead atoms. The van der Waals surface area contributed by atoms with Crippen molar-refractivity contribution in [2.75, 3.05) is 30.0 Å². The highest BCUT2D eigenvalue weighted by molar-refractivity contribution is 7.80. The van der Waals surface area contributed by atoms with E-state index < -0.39 is 11.7 Å². The number of rotatable bonds is 2. The fourth-order valence-electron chi connectivity index (χ4n) is 2.64. The Kier molecular flexibility index (Phi) is 4.80. The van der Waals surface area contributed by atoms with Gasteiger partial charge in [-0.1, -0.05) is 6.07 Å². The number of thiocarbonyl (C=S) groups is 1. The summed E-state index contributed by atoms with van der Waals surface area (Å²) in [5, 5.41) is 3.58. The van der Waals surface area contributed by atoms with Crippen LogP contribution in [0.2, 0.25) is 0 Å². The van der Waals surface area contributed by atoms with E-state index in [0.29, 0.717) is 36.4 Å². The number of halogens is 3. The highest BCUT2D eigenvalue weighted by Gasteiger charge is 2.31. The maximum atomic E-state index is 12.9. The number of benzene rings is 1. The van der Waals surface area contributed by atoms with E-state index in [9.17, 15) is 13.2 Å². The summed E-state index contributed by atoms with van der Waals surface area (Å²) < 4.78 is 38.6. The Morgan fingerprint density at radius 2 is 2.00 bits per heavy atom. The molecule has 0 atom stereocenters. The summed E-state index contributed by atoms with van der Waals surface area (Å²) in [4.78, 5) is 7.97. The maximum absolute atomic E-state index is 12.9. The van der Waals surface area contributed by atoms with Gasteiger partial charge in [0.05, 0.1) is 12.2 Å². The van der Waals surface area contributed by atoms with Crippen molar-refractivity contribution in [1.29, 1.82) is 0 Å². The number of aryl methyl sites for hydroxylation is 1. The van der Waals surface area contributed by atoms with Gasteiger partial charge in [0.15, 0.2) is 5.11 Å². The van der Waals surface area contributed by atoms with Crippen LogP contribution in [0.4, 0.5) is 24.7 Å². The van der Waals surface area contributed by atoms with Crippen LogP contribution in [-0.4, -0.2) is 34.8 Å². The molecule has 4 nitrogen and oxygen atoms in total. The van der Waals surface area contributed by atoms with Crippen LogP contribution in [-0.2, 0) is 6.18 Å². The van der Waals surface area contributed by atoms with Crippen molar-refractivity contribution in [3.8, 4) is 0 Å². The molecule has 2 aromatic rings. The van der Waals surface area contributed by atoms with Crippen molar-refractivity contribution in [3.05, 3.63) is 53.7 Å². The molecule has 0 radical (unpaired) electrons. The molecule has 0 amide bonds. The molecule has 132 valence electrons. The third-order valence-electron chi connectivity index (χ3n) is 3.96. The lowest BCUT2D eigenvalue weighted by molar-refractivity contribution is -0.137. The minimum atomic E-state index is -4.34. The zero-order valence-electron chi connectivity index (χ0n) is 13.5. The lowest BCUT2D eigenvalue weighted by atomic mass is 10.2. The summed E-state index contributed by atoms with van der Waals surface area (Å²) in [5.41, 5.74) is 0.953. The highest BCUT2D eigenvalue weighted by Crippen LogP contribution is 2.32. The summed E-state index contributed by atoms with van der Waals surface area (Å²) in [5.74, 6) is 0.655. The van der Waals surface area contributed by atoms with E-state index in [1.165, 1.54) is 12.1 Å². The minimum absolute atomic E-state index is 0.430. The molecule has 3 rings (SSSR count). The second-order valence-electron chi connectivity index (χ2n) is 5.86. The van der Waals surface area contributed by atoms with Crippen molar-refractivity contribution in [3.63, 3.8) is 0 Å². The number of anilines is 2. The number of hydrogen-bond acceptors (Lipinski definition) is 3. The Bertz CT molecular complexity index is 778. The van der Waals surface area contributed by atoms with Gasteiger partial charge < -0.3 is 15.1 Å². The second-order valence-corrected chi connectivity index (χ2v) is 6.25. The number of hydrogen-bond donors (Lipinski definition) is 1. The van der Waals surface area contributed by atoms with E-state index >= 15 is 0 Å². The van der Waals surface area contributed by atoms with Crippen LogP contribution >= 0.6 is 12.2 Å². The Morgan fingerprint density at radius 1 is 1.20 bits per heavy atom. The van der Waals surface area contributed by atoms with Gasteiger partial charge in [-0.25, -0.2) is 4.98 Å². The van der Waals surface area contributed by atoms with E-state index in [-0.39, 0.29) is 0 Å². The molecule has 1 aliphatic rings. The van der Waals surface area contributed by atoms with Crippen molar-refractivity contribution in [2.45, 2.75) is 13.1 Å². The second kappa shape index (κ2) is 6.87. The zero-order valence-corrected chi connectivity index (χ0v) is 14.4. The fourth-order valence-corrected chi connectivity index (χ4v) is 2.89. The zero-order chi connectivity index (χ0) is 18.0. The molecule has 0 aliphatic carbocycles. The Labute approximate surface area is 149 Å². The molecule has 1 aromatic heterocycles. The van der Waals surface area contributed by atoms with E-state index in [4.69, 9.17) is 12.2 Å². The van der Waals surface area contributed by atoms with E-state index in [0.717, 1.165) is 11.6 Å². The molecule has 8 heteroatoms. The molecule has 0 saturated carbocycles. The van der Waals surface area contributed by atoms with Crippen LogP contribution in [0.5, 0.6) is 0 Å².